The first-order valence-electron chi connectivity index (χ1n) is 8.06. The standard InChI is InChI=1S/C18H19N5O/c1-22(2)15-6-4-3-5-14(15)13-9-10-16-19-18(21-23(16)11-13)20-17(24)12-7-8-12/h3-6,9-12H,7-8H2,1-2H3,(H,20,21,24). The molecule has 6 heteroatoms. The molecule has 0 atom stereocenters. The lowest BCUT2D eigenvalue weighted by Crippen LogP contribution is -2.14. The average molecular weight is 321 g/mol. The number of rotatable bonds is 4. The predicted octanol–water partition coefficient (Wildman–Crippen LogP) is 2.81. The van der Waals surface area contributed by atoms with Gasteiger partial charge in [-0.25, -0.2) is 4.52 Å². The monoisotopic (exact) mass is 321 g/mol. The molecule has 122 valence electrons. The van der Waals surface area contributed by atoms with Crippen LogP contribution in [-0.4, -0.2) is 34.6 Å². The number of hydrogen-bond donors (Lipinski definition) is 1. The second-order valence-electron chi connectivity index (χ2n) is 6.33. The summed E-state index contributed by atoms with van der Waals surface area (Å²) in [4.78, 5) is 18.3. The number of carbonyl (C=O) groups is 1. The molecule has 1 aliphatic rings. The molecule has 2 heterocycles. The van der Waals surface area contributed by atoms with Crippen molar-refractivity contribution in [2.24, 2.45) is 5.92 Å². The Balaban J connectivity index is 1.69. The third-order valence-corrected chi connectivity index (χ3v) is 4.21. The fourth-order valence-corrected chi connectivity index (χ4v) is 2.76. The van der Waals surface area contributed by atoms with Crippen LogP contribution in [0.5, 0.6) is 0 Å². The van der Waals surface area contributed by atoms with E-state index in [1.165, 1.54) is 0 Å². The van der Waals surface area contributed by atoms with Gasteiger partial charge in [-0.15, -0.1) is 5.10 Å². The smallest absolute Gasteiger partial charge is 0.249 e. The van der Waals surface area contributed by atoms with E-state index < -0.39 is 0 Å². The summed E-state index contributed by atoms with van der Waals surface area (Å²) in [6, 6.07) is 12.2. The van der Waals surface area contributed by atoms with Crippen molar-refractivity contribution < 1.29 is 4.79 Å². The van der Waals surface area contributed by atoms with E-state index in [4.69, 9.17) is 0 Å². The van der Waals surface area contributed by atoms with Crippen molar-refractivity contribution in [3.05, 3.63) is 42.6 Å². The number of aromatic nitrogens is 3. The molecule has 1 aromatic carbocycles. The SMILES string of the molecule is CN(C)c1ccccc1-c1ccc2nc(NC(=O)C3CC3)nn2c1. The number of nitrogens with one attached hydrogen (secondary N) is 1. The molecule has 1 amide bonds. The number of carbonyl (C=O) groups excluding carboxylic acids is 1. The number of anilines is 2. The lowest BCUT2D eigenvalue weighted by atomic mass is 10.1. The topological polar surface area (TPSA) is 62.5 Å². The molecule has 0 unspecified atom stereocenters. The summed E-state index contributed by atoms with van der Waals surface area (Å²) in [6.07, 6.45) is 3.87. The van der Waals surface area contributed by atoms with Crippen LogP contribution in [-0.2, 0) is 4.79 Å². The highest BCUT2D eigenvalue weighted by Crippen LogP contribution is 2.31. The molecular weight excluding hydrogens is 302 g/mol. The molecule has 0 aliphatic heterocycles. The van der Waals surface area contributed by atoms with Gasteiger partial charge in [-0.05, 0) is 31.0 Å². The molecule has 2 aromatic heterocycles. The van der Waals surface area contributed by atoms with Crippen LogP contribution in [0.25, 0.3) is 16.8 Å². The molecule has 0 spiro atoms. The fraction of sp³-hybridized carbons (Fsp3) is 0.278. The molecule has 4 rings (SSSR count). The molecule has 6 nitrogen and oxygen atoms in total. The first kappa shape index (κ1) is 14.7. The Kier molecular flexibility index (Phi) is 3.45. The van der Waals surface area contributed by atoms with Crippen LogP contribution in [0.15, 0.2) is 42.6 Å². The lowest BCUT2D eigenvalue weighted by molar-refractivity contribution is -0.117. The first-order valence-corrected chi connectivity index (χ1v) is 8.06. The third kappa shape index (κ3) is 2.71. The summed E-state index contributed by atoms with van der Waals surface area (Å²) in [5.41, 5.74) is 4.03. The van der Waals surface area contributed by atoms with Crippen LogP contribution >= 0.6 is 0 Å². The molecule has 1 fully saturated rings. The minimum atomic E-state index is 0.0177. The number of amides is 1. The Bertz CT molecular complexity index is 911. The third-order valence-electron chi connectivity index (χ3n) is 4.21. The van der Waals surface area contributed by atoms with Gasteiger partial charge >= 0.3 is 0 Å². The number of benzene rings is 1. The molecule has 0 saturated heterocycles. The van der Waals surface area contributed by atoms with Crippen LogP contribution in [0.2, 0.25) is 0 Å². The van der Waals surface area contributed by atoms with Crippen LogP contribution in [0.3, 0.4) is 0 Å². The van der Waals surface area contributed by atoms with Crippen molar-refractivity contribution in [2.75, 3.05) is 24.3 Å². The maximum absolute atomic E-state index is 11.9. The van der Waals surface area contributed by atoms with Crippen LogP contribution < -0.4 is 10.2 Å². The summed E-state index contributed by atoms with van der Waals surface area (Å²) in [5.74, 6) is 0.521. The zero-order valence-electron chi connectivity index (χ0n) is 13.7. The molecule has 0 bridgehead atoms. The summed E-state index contributed by atoms with van der Waals surface area (Å²) < 4.78 is 1.71. The zero-order valence-corrected chi connectivity index (χ0v) is 13.7. The maximum atomic E-state index is 11.9. The largest absolute Gasteiger partial charge is 0.377 e. The number of pyridine rings is 1. The van der Waals surface area contributed by atoms with Gasteiger partial charge in [0.2, 0.25) is 11.9 Å². The van der Waals surface area contributed by atoms with Crippen LogP contribution in [0.1, 0.15) is 12.8 Å². The van der Waals surface area contributed by atoms with E-state index in [-0.39, 0.29) is 11.8 Å². The number of hydrogen-bond acceptors (Lipinski definition) is 4. The van der Waals surface area contributed by atoms with Gasteiger partial charge < -0.3 is 4.90 Å². The van der Waals surface area contributed by atoms with E-state index in [0.717, 1.165) is 29.7 Å². The van der Waals surface area contributed by atoms with Gasteiger partial charge in [0.15, 0.2) is 5.65 Å². The highest BCUT2D eigenvalue weighted by Gasteiger charge is 2.30. The number of fused-ring (bicyclic) bond motifs is 1. The molecule has 0 radical (unpaired) electrons. The van der Waals surface area contributed by atoms with Crippen LogP contribution in [0.4, 0.5) is 11.6 Å². The van der Waals surface area contributed by atoms with Gasteiger partial charge in [-0.3, -0.25) is 10.1 Å². The highest BCUT2D eigenvalue weighted by molar-refractivity contribution is 5.92. The van der Waals surface area contributed by atoms with E-state index in [1.54, 1.807) is 4.52 Å². The maximum Gasteiger partial charge on any atom is 0.249 e. The average Bonchev–Trinajstić information content (AvgIpc) is 3.35. The van der Waals surface area contributed by atoms with Crippen molar-refractivity contribution in [2.45, 2.75) is 12.8 Å². The second kappa shape index (κ2) is 5.63. The quantitative estimate of drug-likeness (QED) is 0.802. The lowest BCUT2D eigenvalue weighted by Gasteiger charge is -2.17. The van der Waals surface area contributed by atoms with Gasteiger partial charge in [0.25, 0.3) is 0 Å². The van der Waals surface area contributed by atoms with Gasteiger partial charge in [0.1, 0.15) is 0 Å². The summed E-state index contributed by atoms with van der Waals surface area (Å²) >= 11 is 0. The van der Waals surface area contributed by atoms with Crippen molar-refractivity contribution in [3.63, 3.8) is 0 Å². The van der Waals surface area contributed by atoms with E-state index >= 15 is 0 Å². The van der Waals surface area contributed by atoms with Crippen molar-refractivity contribution >= 4 is 23.2 Å². The normalized spacial score (nSPS) is 13.9. The minimum absolute atomic E-state index is 0.0177. The fourth-order valence-electron chi connectivity index (χ4n) is 2.76. The van der Waals surface area contributed by atoms with Crippen molar-refractivity contribution in [3.8, 4) is 11.1 Å². The van der Waals surface area contributed by atoms with Gasteiger partial charge in [-0.2, -0.15) is 4.98 Å². The van der Waals surface area contributed by atoms with Gasteiger partial charge in [0.05, 0.1) is 0 Å². The summed E-state index contributed by atoms with van der Waals surface area (Å²) in [7, 11) is 4.05. The zero-order chi connectivity index (χ0) is 16.7. The molecule has 1 aliphatic carbocycles. The van der Waals surface area contributed by atoms with E-state index in [1.807, 2.05) is 44.6 Å². The second-order valence-corrected chi connectivity index (χ2v) is 6.33. The minimum Gasteiger partial charge on any atom is -0.377 e. The van der Waals surface area contributed by atoms with Crippen molar-refractivity contribution in [1.29, 1.82) is 0 Å². The Hall–Kier alpha value is -2.89. The van der Waals surface area contributed by atoms with E-state index in [0.29, 0.717) is 11.6 Å². The van der Waals surface area contributed by atoms with E-state index in [2.05, 4.69) is 32.4 Å². The van der Waals surface area contributed by atoms with E-state index in [9.17, 15) is 4.79 Å². The molecule has 1 N–H and O–H groups in total. The summed E-state index contributed by atoms with van der Waals surface area (Å²) in [5, 5.41) is 7.18. The molecule has 24 heavy (non-hydrogen) atoms. The number of para-hydroxylation sites is 1. The van der Waals surface area contributed by atoms with Gasteiger partial charge in [-0.1, -0.05) is 18.2 Å². The van der Waals surface area contributed by atoms with Crippen LogP contribution in [0, 0.1) is 5.92 Å². The van der Waals surface area contributed by atoms with Crippen molar-refractivity contribution in [1.82, 2.24) is 14.6 Å². The number of nitrogens with zero attached hydrogens (tertiary/aromatic N) is 4. The van der Waals surface area contributed by atoms with Gasteiger partial charge in [0, 0.05) is 43.0 Å². The Morgan fingerprint density at radius 1 is 1.21 bits per heavy atom. The Labute approximate surface area is 140 Å². The molecular formula is C18H19N5O. The molecule has 1 saturated carbocycles. The predicted molar refractivity (Wildman–Crippen MR) is 94.1 cm³/mol. The Morgan fingerprint density at radius 3 is 2.75 bits per heavy atom. The Morgan fingerprint density at radius 2 is 2.00 bits per heavy atom. The highest BCUT2D eigenvalue weighted by atomic mass is 16.2. The summed E-state index contributed by atoms with van der Waals surface area (Å²) in [6.45, 7) is 0. The first-order chi connectivity index (χ1) is 11.6. The molecule has 3 aromatic rings.